The van der Waals surface area contributed by atoms with Gasteiger partial charge >= 0.3 is 0 Å². The summed E-state index contributed by atoms with van der Waals surface area (Å²) in [6.07, 6.45) is 2.07. The number of ketones is 1. The second-order valence-electron chi connectivity index (χ2n) is 4.58. The van der Waals surface area contributed by atoms with E-state index < -0.39 is 0 Å². The van der Waals surface area contributed by atoms with Crippen molar-refractivity contribution in [3.05, 3.63) is 47.5 Å². The highest BCUT2D eigenvalue weighted by Gasteiger charge is 2.12. The number of carbonyl (C=O) groups is 1. The fraction of sp³-hybridized carbons (Fsp3) is 0.400. The highest BCUT2D eigenvalue weighted by molar-refractivity contribution is 5.98. The average molecular weight is 216 g/mol. The zero-order chi connectivity index (χ0) is 12.1. The largest absolute Gasteiger partial charge is 0.294 e. The van der Waals surface area contributed by atoms with Crippen LogP contribution in [-0.4, -0.2) is 5.78 Å². The highest BCUT2D eigenvalue weighted by Crippen LogP contribution is 2.15. The lowest BCUT2D eigenvalue weighted by Gasteiger charge is -2.10. The Balaban J connectivity index is 2.80. The fourth-order valence-electron chi connectivity index (χ4n) is 1.53. The van der Waals surface area contributed by atoms with Crippen LogP contribution in [0.25, 0.3) is 0 Å². The smallest absolute Gasteiger partial charge is 0.169 e. The van der Waals surface area contributed by atoms with Gasteiger partial charge in [0.1, 0.15) is 0 Å². The first-order valence-electron chi connectivity index (χ1n) is 5.80. The Morgan fingerprint density at radius 1 is 1.12 bits per heavy atom. The lowest BCUT2D eigenvalue weighted by atomic mass is 9.94. The standard InChI is InChI=1S/C15H20O/c1-11(2)12(3)10-13(4)15(16)14-8-6-5-7-9-14/h5-11,13H,1-4H3/b12-10+/t13-/m1/s1. The molecule has 0 aliphatic heterocycles. The first kappa shape index (κ1) is 12.7. The predicted octanol–water partition coefficient (Wildman–Crippen LogP) is 4.11. The summed E-state index contributed by atoms with van der Waals surface area (Å²) >= 11 is 0. The van der Waals surface area contributed by atoms with Gasteiger partial charge in [-0.2, -0.15) is 0 Å². The van der Waals surface area contributed by atoms with E-state index in [0.717, 1.165) is 5.56 Å². The molecule has 1 atom stereocenters. The van der Waals surface area contributed by atoms with E-state index in [4.69, 9.17) is 0 Å². The third-order valence-corrected chi connectivity index (χ3v) is 2.90. The van der Waals surface area contributed by atoms with Gasteiger partial charge in [-0.15, -0.1) is 0 Å². The molecular weight excluding hydrogens is 196 g/mol. The second-order valence-corrected chi connectivity index (χ2v) is 4.58. The summed E-state index contributed by atoms with van der Waals surface area (Å²) in [5.41, 5.74) is 2.07. The minimum absolute atomic E-state index is 0.0372. The molecule has 1 nitrogen and oxygen atoms in total. The molecule has 86 valence electrons. The van der Waals surface area contributed by atoms with Gasteiger partial charge in [-0.3, -0.25) is 4.79 Å². The molecule has 0 saturated heterocycles. The van der Waals surface area contributed by atoms with Crippen molar-refractivity contribution in [2.45, 2.75) is 27.7 Å². The van der Waals surface area contributed by atoms with Crippen LogP contribution in [0.4, 0.5) is 0 Å². The van der Waals surface area contributed by atoms with E-state index in [0.29, 0.717) is 5.92 Å². The van der Waals surface area contributed by atoms with Crippen molar-refractivity contribution in [1.82, 2.24) is 0 Å². The quantitative estimate of drug-likeness (QED) is 0.547. The number of hydrogen-bond acceptors (Lipinski definition) is 1. The topological polar surface area (TPSA) is 17.1 Å². The van der Waals surface area contributed by atoms with E-state index in [1.165, 1.54) is 5.57 Å². The van der Waals surface area contributed by atoms with Crippen LogP contribution < -0.4 is 0 Å². The molecule has 1 rings (SSSR count). The normalized spacial score (nSPS) is 13.9. The van der Waals surface area contributed by atoms with E-state index in [9.17, 15) is 4.79 Å². The molecule has 0 aliphatic rings. The number of rotatable bonds is 4. The average Bonchev–Trinajstić information content (AvgIpc) is 2.28. The summed E-state index contributed by atoms with van der Waals surface area (Å²) in [7, 11) is 0. The van der Waals surface area contributed by atoms with Gasteiger partial charge in [-0.1, -0.05) is 62.8 Å². The van der Waals surface area contributed by atoms with Gasteiger partial charge in [0.2, 0.25) is 0 Å². The number of Topliss-reactive ketones (excluding diaryl/α,β-unsaturated/α-hetero) is 1. The minimum Gasteiger partial charge on any atom is -0.294 e. The van der Waals surface area contributed by atoms with Crippen LogP contribution in [-0.2, 0) is 0 Å². The van der Waals surface area contributed by atoms with Crippen molar-refractivity contribution in [3.8, 4) is 0 Å². The molecule has 1 aromatic carbocycles. The molecule has 0 N–H and O–H groups in total. The number of allylic oxidation sites excluding steroid dienone is 2. The van der Waals surface area contributed by atoms with Gasteiger partial charge < -0.3 is 0 Å². The molecule has 0 aromatic heterocycles. The summed E-state index contributed by atoms with van der Waals surface area (Å²) in [4.78, 5) is 12.1. The molecule has 16 heavy (non-hydrogen) atoms. The Morgan fingerprint density at radius 3 is 2.19 bits per heavy atom. The molecule has 0 unspecified atom stereocenters. The zero-order valence-electron chi connectivity index (χ0n) is 10.5. The molecule has 0 bridgehead atoms. The molecule has 0 radical (unpaired) electrons. The first-order valence-corrected chi connectivity index (χ1v) is 5.80. The Bertz CT molecular complexity index is 374. The number of carbonyl (C=O) groups excluding carboxylic acids is 1. The maximum absolute atomic E-state index is 12.1. The van der Waals surface area contributed by atoms with Crippen molar-refractivity contribution in [2.75, 3.05) is 0 Å². The Morgan fingerprint density at radius 2 is 1.69 bits per heavy atom. The number of benzene rings is 1. The Kier molecular flexibility index (Phi) is 4.48. The van der Waals surface area contributed by atoms with Crippen LogP contribution in [0.3, 0.4) is 0 Å². The number of hydrogen-bond donors (Lipinski definition) is 0. The second kappa shape index (κ2) is 5.64. The zero-order valence-corrected chi connectivity index (χ0v) is 10.5. The van der Waals surface area contributed by atoms with Gasteiger partial charge in [-0.05, 0) is 12.8 Å². The molecule has 0 aliphatic carbocycles. The van der Waals surface area contributed by atoms with Crippen LogP contribution in [0.1, 0.15) is 38.1 Å². The lowest BCUT2D eigenvalue weighted by Crippen LogP contribution is -2.10. The summed E-state index contributed by atoms with van der Waals surface area (Å²) in [5.74, 6) is 0.663. The van der Waals surface area contributed by atoms with E-state index in [1.807, 2.05) is 37.3 Å². The molecule has 0 saturated carbocycles. The van der Waals surface area contributed by atoms with Crippen LogP contribution in [0, 0.1) is 11.8 Å². The molecule has 1 aromatic rings. The van der Waals surface area contributed by atoms with Gasteiger partial charge in [0.25, 0.3) is 0 Å². The van der Waals surface area contributed by atoms with Crippen molar-refractivity contribution < 1.29 is 4.79 Å². The third-order valence-electron chi connectivity index (χ3n) is 2.90. The van der Waals surface area contributed by atoms with E-state index >= 15 is 0 Å². The third kappa shape index (κ3) is 3.34. The van der Waals surface area contributed by atoms with Crippen molar-refractivity contribution >= 4 is 5.78 Å². The molecular formula is C15H20O. The van der Waals surface area contributed by atoms with Gasteiger partial charge in [0.15, 0.2) is 5.78 Å². The van der Waals surface area contributed by atoms with Crippen LogP contribution in [0.15, 0.2) is 42.0 Å². The SMILES string of the molecule is C/C(=C\[C@@H](C)C(=O)c1ccccc1)C(C)C. The summed E-state index contributed by atoms with van der Waals surface area (Å²) in [5, 5.41) is 0. The molecule has 0 fully saturated rings. The summed E-state index contributed by atoms with van der Waals surface area (Å²) in [6, 6.07) is 9.48. The van der Waals surface area contributed by atoms with Crippen LogP contribution in [0.5, 0.6) is 0 Å². The monoisotopic (exact) mass is 216 g/mol. The maximum Gasteiger partial charge on any atom is 0.169 e. The predicted molar refractivity (Wildman–Crippen MR) is 68.5 cm³/mol. The summed E-state index contributed by atoms with van der Waals surface area (Å²) in [6.45, 7) is 8.33. The lowest BCUT2D eigenvalue weighted by molar-refractivity contribution is 0.0952. The van der Waals surface area contributed by atoms with E-state index in [1.54, 1.807) is 0 Å². The van der Waals surface area contributed by atoms with Crippen molar-refractivity contribution in [2.24, 2.45) is 11.8 Å². The Hall–Kier alpha value is -1.37. The van der Waals surface area contributed by atoms with Crippen LogP contribution >= 0.6 is 0 Å². The molecule has 1 heteroatoms. The summed E-state index contributed by atoms with van der Waals surface area (Å²) < 4.78 is 0. The molecule has 0 amide bonds. The Labute approximate surface area is 98.2 Å². The molecule has 0 heterocycles. The molecule has 0 spiro atoms. The van der Waals surface area contributed by atoms with Crippen molar-refractivity contribution in [1.29, 1.82) is 0 Å². The van der Waals surface area contributed by atoms with Crippen LogP contribution in [0.2, 0.25) is 0 Å². The maximum atomic E-state index is 12.1. The first-order chi connectivity index (χ1) is 7.52. The van der Waals surface area contributed by atoms with Gasteiger partial charge in [0.05, 0.1) is 0 Å². The van der Waals surface area contributed by atoms with E-state index in [-0.39, 0.29) is 11.7 Å². The van der Waals surface area contributed by atoms with Gasteiger partial charge in [0, 0.05) is 11.5 Å². The van der Waals surface area contributed by atoms with Crippen molar-refractivity contribution in [3.63, 3.8) is 0 Å². The van der Waals surface area contributed by atoms with E-state index in [2.05, 4.69) is 26.8 Å². The minimum atomic E-state index is -0.0372. The fourth-order valence-corrected chi connectivity index (χ4v) is 1.53. The van der Waals surface area contributed by atoms with Gasteiger partial charge in [-0.25, -0.2) is 0 Å². The highest BCUT2D eigenvalue weighted by atomic mass is 16.1.